The molecule has 0 saturated carbocycles. The van der Waals surface area contributed by atoms with Crippen LogP contribution in [0.1, 0.15) is 24.1 Å². The maximum absolute atomic E-state index is 13.9. The van der Waals surface area contributed by atoms with E-state index in [1.54, 1.807) is 25.3 Å². The third-order valence-corrected chi connectivity index (χ3v) is 2.92. The van der Waals surface area contributed by atoms with Gasteiger partial charge >= 0.3 is 0 Å². The zero-order valence-corrected chi connectivity index (χ0v) is 11.6. The Hall–Kier alpha value is -1.91. The first-order valence-corrected chi connectivity index (χ1v) is 6.41. The van der Waals surface area contributed by atoms with Gasteiger partial charge in [0.15, 0.2) is 11.6 Å². The lowest BCUT2D eigenvalue weighted by atomic mass is 10.1. The van der Waals surface area contributed by atoms with Gasteiger partial charge in [0, 0.05) is 13.2 Å². The fraction of sp³-hybridized carbons (Fsp3) is 0.250. The summed E-state index contributed by atoms with van der Waals surface area (Å²) in [7, 11) is 1.62. The van der Waals surface area contributed by atoms with Crippen molar-refractivity contribution in [2.24, 2.45) is 5.73 Å². The summed E-state index contributed by atoms with van der Waals surface area (Å²) in [6.45, 7) is 2.30. The van der Waals surface area contributed by atoms with E-state index in [1.165, 1.54) is 6.07 Å². The van der Waals surface area contributed by atoms with Crippen LogP contribution < -0.4 is 10.5 Å². The lowest BCUT2D eigenvalue weighted by Crippen LogP contribution is -2.05. The standard InChI is InChI=1S/C16H18FNO2/c1-11(18)13-6-7-16(15(17)9-13)20-14-5-3-4-12(8-14)10-19-2/h3-9,11H,10,18H2,1-2H3. The third-order valence-electron chi connectivity index (χ3n) is 2.92. The van der Waals surface area contributed by atoms with E-state index in [-0.39, 0.29) is 11.8 Å². The van der Waals surface area contributed by atoms with Crippen molar-refractivity contribution in [1.82, 2.24) is 0 Å². The summed E-state index contributed by atoms with van der Waals surface area (Å²) in [5.41, 5.74) is 7.43. The number of ether oxygens (including phenoxy) is 2. The van der Waals surface area contributed by atoms with Crippen LogP contribution in [0.3, 0.4) is 0 Å². The van der Waals surface area contributed by atoms with Crippen molar-refractivity contribution in [3.05, 3.63) is 59.4 Å². The van der Waals surface area contributed by atoms with Crippen LogP contribution in [0.15, 0.2) is 42.5 Å². The lowest BCUT2D eigenvalue weighted by Gasteiger charge is -2.11. The van der Waals surface area contributed by atoms with Crippen LogP contribution in [-0.2, 0) is 11.3 Å². The van der Waals surface area contributed by atoms with E-state index in [1.807, 2.05) is 25.1 Å². The molecule has 0 aliphatic carbocycles. The zero-order valence-electron chi connectivity index (χ0n) is 11.6. The Morgan fingerprint density at radius 2 is 2.00 bits per heavy atom. The van der Waals surface area contributed by atoms with E-state index in [4.69, 9.17) is 15.2 Å². The third kappa shape index (κ3) is 3.56. The van der Waals surface area contributed by atoms with E-state index in [9.17, 15) is 4.39 Å². The van der Waals surface area contributed by atoms with Gasteiger partial charge < -0.3 is 15.2 Å². The molecule has 0 aliphatic heterocycles. The Kier molecular flexibility index (Phi) is 4.71. The first-order chi connectivity index (χ1) is 9.60. The van der Waals surface area contributed by atoms with Gasteiger partial charge in [0.1, 0.15) is 5.75 Å². The Bertz CT molecular complexity index is 584. The van der Waals surface area contributed by atoms with Gasteiger partial charge in [-0.05, 0) is 42.3 Å². The number of nitrogens with two attached hydrogens (primary N) is 1. The fourth-order valence-corrected chi connectivity index (χ4v) is 1.88. The summed E-state index contributed by atoms with van der Waals surface area (Å²) in [4.78, 5) is 0. The minimum Gasteiger partial charge on any atom is -0.454 e. The second kappa shape index (κ2) is 6.50. The molecule has 0 amide bonds. The van der Waals surface area contributed by atoms with Gasteiger partial charge in [-0.3, -0.25) is 0 Å². The molecule has 0 bridgehead atoms. The molecule has 106 valence electrons. The molecule has 2 aromatic carbocycles. The second-order valence-corrected chi connectivity index (χ2v) is 4.66. The summed E-state index contributed by atoms with van der Waals surface area (Å²) in [6, 6.07) is 11.9. The summed E-state index contributed by atoms with van der Waals surface area (Å²) in [5, 5.41) is 0. The molecular weight excluding hydrogens is 257 g/mol. The van der Waals surface area contributed by atoms with Gasteiger partial charge in [-0.1, -0.05) is 18.2 Å². The summed E-state index contributed by atoms with van der Waals surface area (Å²) < 4.78 is 24.6. The number of hydrogen-bond acceptors (Lipinski definition) is 3. The Morgan fingerprint density at radius 1 is 1.20 bits per heavy atom. The van der Waals surface area contributed by atoms with Gasteiger partial charge in [0.25, 0.3) is 0 Å². The summed E-state index contributed by atoms with van der Waals surface area (Å²) >= 11 is 0. The number of rotatable bonds is 5. The molecular formula is C16H18FNO2. The molecule has 2 aromatic rings. The van der Waals surface area contributed by atoms with Crippen LogP contribution in [0.25, 0.3) is 0 Å². The average Bonchev–Trinajstić information content (AvgIpc) is 2.42. The van der Waals surface area contributed by atoms with Crippen molar-refractivity contribution in [3.8, 4) is 11.5 Å². The molecule has 3 nitrogen and oxygen atoms in total. The van der Waals surface area contributed by atoms with Gasteiger partial charge in [-0.15, -0.1) is 0 Å². The number of halogens is 1. The van der Waals surface area contributed by atoms with E-state index < -0.39 is 5.82 Å². The van der Waals surface area contributed by atoms with E-state index in [0.29, 0.717) is 12.4 Å². The molecule has 0 aromatic heterocycles. The summed E-state index contributed by atoms with van der Waals surface area (Å²) in [6.07, 6.45) is 0. The average molecular weight is 275 g/mol. The van der Waals surface area contributed by atoms with Gasteiger partial charge in [-0.2, -0.15) is 0 Å². The zero-order chi connectivity index (χ0) is 14.5. The molecule has 0 fully saturated rings. The Balaban J connectivity index is 2.19. The number of hydrogen-bond donors (Lipinski definition) is 1. The van der Waals surface area contributed by atoms with Crippen molar-refractivity contribution in [1.29, 1.82) is 0 Å². The SMILES string of the molecule is COCc1cccc(Oc2ccc(C(C)N)cc2F)c1. The van der Waals surface area contributed by atoms with Crippen LogP contribution in [0.4, 0.5) is 4.39 Å². The molecule has 2 N–H and O–H groups in total. The molecule has 4 heteroatoms. The molecule has 2 rings (SSSR count). The van der Waals surface area contributed by atoms with E-state index in [0.717, 1.165) is 11.1 Å². The first kappa shape index (κ1) is 14.5. The first-order valence-electron chi connectivity index (χ1n) is 6.41. The topological polar surface area (TPSA) is 44.5 Å². The van der Waals surface area contributed by atoms with Crippen LogP contribution in [-0.4, -0.2) is 7.11 Å². The normalized spacial score (nSPS) is 12.2. The molecule has 1 unspecified atom stereocenters. The van der Waals surface area contributed by atoms with Crippen LogP contribution in [0, 0.1) is 5.82 Å². The Morgan fingerprint density at radius 3 is 2.65 bits per heavy atom. The monoisotopic (exact) mass is 275 g/mol. The number of methoxy groups -OCH3 is 1. The van der Waals surface area contributed by atoms with Crippen molar-refractivity contribution in [2.45, 2.75) is 19.6 Å². The van der Waals surface area contributed by atoms with Gasteiger partial charge in [0.05, 0.1) is 6.61 Å². The van der Waals surface area contributed by atoms with Gasteiger partial charge in [-0.25, -0.2) is 4.39 Å². The molecule has 0 radical (unpaired) electrons. The minimum atomic E-state index is -0.419. The quantitative estimate of drug-likeness (QED) is 0.903. The minimum absolute atomic E-state index is 0.184. The predicted octanol–water partition coefficient (Wildman–Crippen LogP) is 3.78. The highest BCUT2D eigenvalue weighted by atomic mass is 19.1. The maximum Gasteiger partial charge on any atom is 0.166 e. The van der Waals surface area contributed by atoms with Crippen LogP contribution >= 0.6 is 0 Å². The Labute approximate surface area is 118 Å². The summed E-state index contributed by atoms with van der Waals surface area (Å²) in [5.74, 6) is 0.341. The highest BCUT2D eigenvalue weighted by Gasteiger charge is 2.08. The molecule has 20 heavy (non-hydrogen) atoms. The highest BCUT2D eigenvalue weighted by molar-refractivity contribution is 5.36. The number of benzene rings is 2. The van der Waals surface area contributed by atoms with Gasteiger partial charge in [0.2, 0.25) is 0 Å². The largest absolute Gasteiger partial charge is 0.454 e. The van der Waals surface area contributed by atoms with Crippen molar-refractivity contribution in [2.75, 3.05) is 7.11 Å². The van der Waals surface area contributed by atoms with Crippen LogP contribution in [0.5, 0.6) is 11.5 Å². The smallest absolute Gasteiger partial charge is 0.166 e. The molecule has 0 saturated heterocycles. The molecule has 0 aliphatic rings. The van der Waals surface area contributed by atoms with Crippen molar-refractivity contribution in [3.63, 3.8) is 0 Å². The van der Waals surface area contributed by atoms with E-state index in [2.05, 4.69) is 0 Å². The lowest BCUT2D eigenvalue weighted by molar-refractivity contribution is 0.184. The van der Waals surface area contributed by atoms with Crippen molar-refractivity contribution >= 4 is 0 Å². The predicted molar refractivity (Wildman–Crippen MR) is 76.2 cm³/mol. The van der Waals surface area contributed by atoms with Crippen LogP contribution in [0.2, 0.25) is 0 Å². The fourth-order valence-electron chi connectivity index (χ4n) is 1.88. The van der Waals surface area contributed by atoms with E-state index >= 15 is 0 Å². The second-order valence-electron chi connectivity index (χ2n) is 4.66. The molecule has 1 atom stereocenters. The highest BCUT2D eigenvalue weighted by Crippen LogP contribution is 2.27. The maximum atomic E-state index is 13.9. The van der Waals surface area contributed by atoms with Crippen molar-refractivity contribution < 1.29 is 13.9 Å². The molecule has 0 heterocycles. The molecule has 0 spiro atoms.